The summed E-state index contributed by atoms with van der Waals surface area (Å²) in [5, 5.41) is 9.02. The molecule has 0 radical (unpaired) electrons. The molecule has 0 fully saturated rings. The second-order valence-corrected chi connectivity index (χ2v) is 6.11. The summed E-state index contributed by atoms with van der Waals surface area (Å²) in [6.07, 6.45) is 0.873. The lowest BCUT2D eigenvalue weighted by Gasteiger charge is -2.17. The minimum Gasteiger partial charge on any atom is -0.481 e. The molecule has 0 aliphatic carbocycles. The molecule has 1 atom stereocenters. The van der Waals surface area contributed by atoms with Gasteiger partial charge in [-0.15, -0.1) is 0 Å². The first-order chi connectivity index (χ1) is 8.78. The third kappa shape index (κ3) is 2.95. The van der Waals surface area contributed by atoms with Gasteiger partial charge in [-0.2, -0.15) is 0 Å². The van der Waals surface area contributed by atoms with Gasteiger partial charge in [0.15, 0.2) is 5.58 Å². The van der Waals surface area contributed by atoms with E-state index in [4.69, 9.17) is 9.52 Å². The van der Waals surface area contributed by atoms with Gasteiger partial charge >= 0.3 is 5.97 Å². The highest BCUT2D eigenvalue weighted by Crippen LogP contribution is 2.28. The van der Waals surface area contributed by atoms with Crippen LogP contribution >= 0.6 is 0 Å². The summed E-state index contributed by atoms with van der Waals surface area (Å²) >= 11 is 0. The summed E-state index contributed by atoms with van der Waals surface area (Å²) in [4.78, 5) is 15.4. The number of rotatable bonds is 3. The van der Waals surface area contributed by atoms with Crippen LogP contribution in [-0.4, -0.2) is 16.1 Å². The number of hydrogen-bond acceptors (Lipinski definition) is 3. The fraction of sp³-hybridized carbons (Fsp3) is 0.467. The molecule has 0 saturated heterocycles. The molecule has 0 saturated carbocycles. The molecule has 0 aliphatic heterocycles. The SMILES string of the molecule is CC(C(=O)O)c1nc2c(CC(C)(C)C)cccc2o1. The van der Waals surface area contributed by atoms with Gasteiger partial charge in [0.2, 0.25) is 5.89 Å². The highest BCUT2D eigenvalue weighted by molar-refractivity contribution is 5.79. The van der Waals surface area contributed by atoms with E-state index in [1.807, 2.05) is 18.2 Å². The van der Waals surface area contributed by atoms with Crippen LogP contribution in [0.4, 0.5) is 0 Å². The Labute approximate surface area is 112 Å². The molecule has 0 aliphatic rings. The second kappa shape index (κ2) is 4.68. The van der Waals surface area contributed by atoms with Crippen molar-refractivity contribution in [2.75, 3.05) is 0 Å². The normalized spacial score (nSPS) is 13.7. The molecule has 1 aromatic heterocycles. The Hall–Kier alpha value is -1.84. The number of hydrogen-bond donors (Lipinski definition) is 1. The van der Waals surface area contributed by atoms with Crippen molar-refractivity contribution in [1.82, 2.24) is 4.98 Å². The smallest absolute Gasteiger partial charge is 0.315 e. The van der Waals surface area contributed by atoms with E-state index in [0.29, 0.717) is 5.58 Å². The molecule has 1 unspecified atom stereocenters. The number of benzene rings is 1. The van der Waals surface area contributed by atoms with Gasteiger partial charge < -0.3 is 9.52 Å². The summed E-state index contributed by atoms with van der Waals surface area (Å²) in [6, 6.07) is 5.77. The van der Waals surface area contributed by atoms with Crippen LogP contribution in [0.2, 0.25) is 0 Å². The number of fused-ring (bicyclic) bond motifs is 1. The van der Waals surface area contributed by atoms with Crippen LogP contribution in [0.1, 0.15) is 45.1 Å². The number of aromatic nitrogens is 1. The van der Waals surface area contributed by atoms with Crippen LogP contribution in [-0.2, 0) is 11.2 Å². The first-order valence-corrected chi connectivity index (χ1v) is 6.39. The van der Waals surface area contributed by atoms with Crippen molar-refractivity contribution in [3.63, 3.8) is 0 Å². The molecular formula is C15H19NO3. The molecule has 1 N–H and O–H groups in total. The zero-order chi connectivity index (χ0) is 14.2. The van der Waals surface area contributed by atoms with E-state index in [2.05, 4.69) is 25.8 Å². The van der Waals surface area contributed by atoms with Crippen molar-refractivity contribution in [2.45, 2.75) is 40.0 Å². The first kappa shape index (κ1) is 13.6. The molecule has 19 heavy (non-hydrogen) atoms. The van der Waals surface area contributed by atoms with Gasteiger partial charge in [0.1, 0.15) is 11.4 Å². The number of carbonyl (C=O) groups is 1. The fourth-order valence-corrected chi connectivity index (χ4v) is 2.03. The maximum absolute atomic E-state index is 11.0. The molecule has 2 aromatic rings. The Morgan fingerprint density at radius 2 is 2.11 bits per heavy atom. The lowest BCUT2D eigenvalue weighted by Crippen LogP contribution is -2.09. The average molecular weight is 261 g/mol. The van der Waals surface area contributed by atoms with Gasteiger partial charge in [0.25, 0.3) is 0 Å². The second-order valence-electron chi connectivity index (χ2n) is 6.11. The number of carboxylic acids is 1. The molecule has 0 spiro atoms. The summed E-state index contributed by atoms with van der Waals surface area (Å²) < 4.78 is 5.55. The fourth-order valence-electron chi connectivity index (χ4n) is 2.03. The predicted molar refractivity (Wildman–Crippen MR) is 73.2 cm³/mol. The maximum Gasteiger partial charge on any atom is 0.315 e. The van der Waals surface area contributed by atoms with Crippen LogP contribution in [0, 0.1) is 5.41 Å². The standard InChI is InChI=1S/C15H19NO3/c1-9(14(17)18)13-16-12-10(8-15(2,3)4)6-5-7-11(12)19-13/h5-7,9H,8H2,1-4H3,(H,17,18). The van der Waals surface area contributed by atoms with Gasteiger partial charge in [0, 0.05) is 0 Å². The average Bonchev–Trinajstić information content (AvgIpc) is 2.70. The summed E-state index contributed by atoms with van der Waals surface area (Å²) in [5.74, 6) is -1.39. The van der Waals surface area contributed by atoms with Crippen LogP contribution in [0.25, 0.3) is 11.1 Å². The van der Waals surface area contributed by atoms with E-state index in [0.717, 1.165) is 17.5 Å². The summed E-state index contributed by atoms with van der Waals surface area (Å²) in [6.45, 7) is 8.06. The highest BCUT2D eigenvalue weighted by atomic mass is 16.4. The van der Waals surface area contributed by atoms with Gasteiger partial charge in [-0.25, -0.2) is 4.98 Å². The third-order valence-corrected chi connectivity index (χ3v) is 2.98. The highest BCUT2D eigenvalue weighted by Gasteiger charge is 2.22. The zero-order valence-electron chi connectivity index (χ0n) is 11.7. The zero-order valence-corrected chi connectivity index (χ0v) is 11.7. The Morgan fingerprint density at radius 1 is 1.42 bits per heavy atom. The van der Waals surface area contributed by atoms with Gasteiger partial charge in [-0.3, -0.25) is 4.79 Å². The van der Waals surface area contributed by atoms with E-state index < -0.39 is 11.9 Å². The quantitative estimate of drug-likeness (QED) is 0.916. The molecule has 0 bridgehead atoms. The van der Waals surface area contributed by atoms with E-state index >= 15 is 0 Å². The number of nitrogens with zero attached hydrogens (tertiary/aromatic N) is 1. The maximum atomic E-state index is 11.0. The van der Waals surface area contributed by atoms with Crippen molar-refractivity contribution >= 4 is 17.1 Å². The van der Waals surface area contributed by atoms with Crippen molar-refractivity contribution in [1.29, 1.82) is 0 Å². The van der Waals surface area contributed by atoms with Gasteiger partial charge in [-0.05, 0) is 30.4 Å². The van der Waals surface area contributed by atoms with Crippen LogP contribution in [0.15, 0.2) is 22.6 Å². The largest absolute Gasteiger partial charge is 0.481 e. The van der Waals surface area contributed by atoms with Crippen molar-refractivity contribution < 1.29 is 14.3 Å². The summed E-state index contributed by atoms with van der Waals surface area (Å²) in [5.41, 5.74) is 2.68. The topological polar surface area (TPSA) is 63.3 Å². The van der Waals surface area contributed by atoms with Gasteiger partial charge in [-0.1, -0.05) is 32.9 Å². The molecule has 0 amide bonds. The number of aliphatic carboxylic acids is 1. The van der Waals surface area contributed by atoms with E-state index in [1.165, 1.54) is 0 Å². The lowest BCUT2D eigenvalue weighted by molar-refractivity contribution is -0.138. The molecule has 2 rings (SSSR count). The number of carboxylic acid groups (broad SMARTS) is 1. The predicted octanol–water partition coefficient (Wildman–Crippen LogP) is 3.60. The Balaban J connectivity index is 2.48. The third-order valence-electron chi connectivity index (χ3n) is 2.98. The molecular weight excluding hydrogens is 242 g/mol. The molecule has 1 heterocycles. The van der Waals surface area contributed by atoms with Crippen molar-refractivity contribution in [3.8, 4) is 0 Å². The monoisotopic (exact) mass is 261 g/mol. The molecule has 4 heteroatoms. The molecule has 1 aromatic carbocycles. The lowest BCUT2D eigenvalue weighted by atomic mass is 9.88. The van der Waals surface area contributed by atoms with Gasteiger partial charge in [0.05, 0.1) is 0 Å². The van der Waals surface area contributed by atoms with E-state index in [9.17, 15) is 4.79 Å². The minimum absolute atomic E-state index is 0.145. The first-order valence-electron chi connectivity index (χ1n) is 6.39. The Morgan fingerprint density at radius 3 is 2.68 bits per heavy atom. The van der Waals surface area contributed by atoms with Crippen LogP contribution in [0.3, 0.4) is 0 Å². The van der Waals surface area contributed by atoms with Crippen molar-refractivity contribution in [2.24, 2.45) is 5.41 Å². The Bertz CT molecular complexity index is 607. The van der Waals surface area contributed by atoms with E-state index in [1.54, 1.807) is 6.92 Å². The number of oxazole rings is 1. The van der Waals surface area contributed by atoms with Crippen LogP contribution < -0.4 is 0 Å². The van der Waals surface area contributed by atoms with E-state index in [-0.39, 0.29) is 11.3 Å². The van der Waals surface area contributed by atoms with Crippen LogP contribution in [0.5, 0.6) is 0 Å². The minimum atomic E-state index is -0.927. The molecule has 4 nitrogen and oxygen atoms in total. The molecule has 102 valence electrons. The number of para-hydroxylation sites is 1. The summed E-state index contributed by atoms with van der Waals surface area (Å²) in [7, 11) is 0. The van der Waals surface area contributed by atoms with Crippen molar-refractivity contribution in [3.05, 3.63) is 29.7 Å². The Kier molecular flexibility index (Phi) is 3.35.